The Balaban J connectivity index is 1.89. The van der Waals surface area contributed by atoms with E-state index in [9.17, 15) is 17.2 Å². The van der Waals surface area contributed by atoms with Crippen LogP contribution in [0.1, 0.15) is 6.55 Å². The van der Waals surface area contributed by atoms with Crippen LogP contribution in [0.3, 0.4) is 0 Å². The van der Waals surface area contributed by atoms with E-state index < -0.39 is 16.4 Å². The predicted octanol–water partition coefficient (Wildman–Crippen LogP) is 5.62. The minimum Gasteiger partial charge on any atom is -0.386 e. The Bertz CT molecular complexity index is 1470. The lowest BCUT2D eigenvalue weighted by Gasteiger charge is -2.17. The molecule has 7 nitrogen and oxygen atoms in total. The average molecular weight is 470 g/mol. The monoisotopic (exact) mass is 469 g/mol. The van der Waals surface area contributed by atoms with Gasteiger partial charge in [0.2, 0.25) is 0 Å². The molecule has 2 N–H and O–H groups in total. The maximum atomic E-state index is 13.4. The van der Waals surface area contributed by atoms with Gasteiger partial charge in [0, 0.05) is 36.9 Å². The van der Waals surface area contributed by atoms with E-state index in [0.29, 0.717) is 44.8 Å². The van der Waals surface area contributed by atoms with E-state index in [-0.39, 0.29) is 4.90 Å². The number of benzene rings is 2. The summed E-state index contributed by atoms with van der Waals surface area (Å²) in [5.74, 6) is 0. The largest absolute Gasteiger partial charge is 0.386 e. The molecule has 0 aliphatic heterocycles. The van der Waals surface area contributed by atoms with Crippen molar-refractivity contribution < 1.29 is 17.2 Å². The van der Waals surface area contributed by atoms with E-state index in [1.807, 2.05) is 6.07 Å². The van der Waals surface area contributed by atoms with Crippen LogP contribution >= 0.6 is 0 Å². The van der Waals surface area contributed by atoms with E-state index in [1.54, 1.807) is 37.4 Å². The highest BCUT2D eigenvalue weighted by molar-refractivity contribution is 7.90. The molecule has 0 saturated carbocycles. The molecule has 0 amide bonds. The van der Waals surface area contributed by atoms with E-state index >= 15 is 0 Å². The molecule has 0 spiro atoms. The van der Waals surface area contributed by atoms with Gasteiger partial charge in [-0.3, -0.25) is 14.5 Å². The molecule has 0 bridgehead atoms. The molecule has 4 aromatic rings. The van der Waals surface area contributed by atoms with Crippen molar-refractivity contribution in [1.29, 1.82) is 0 Å². The van der Waals surface area contributed by atoms with E-state index in [2.05, 4.69) is 27.3 Å². The number of aliphatic imine (C=N–C) groups is 1. The number of pyridine rings is 1. The van der Waals surface area contributed by atoms with E-state index in [1.165, 1.54) is 24.7 Å². The molecule has 33 heavy (non-hydrogen) atoms. The van der Waals surface area contributed by atoms with Gasteiger partial charge in [0.25, 0.3) is 0 Å². The Kier molecular flexibility index (Phi) is 5.86. The van der Waals surface area contributed by atoms with Crippen molar-refractivity contribution in [3.8, 4) is 11.1 Å². The number of fused-ring (bicyclic) bond motifs is 1. The molecule has 0 radical (unpaired) electrons. The Morgan fingerprint density at radius 1 is 1.12 bits per heavy atom. The van der Waals surface area contributed by atoms with Crippen molar-refractivity contribution >= 4 is 50.2 Å². The van der Waals surface area contributed by atoms with Crippen LogP contribution in [0.5, 0.6) is 0 Å². The van der Waals surface area contributed by atoms with Gasteiger partial charge in [-0.2, -0.15) is 8.78 Å². The highest BCUT2D eigenvalue weighted by Crippen LogP contribution is 2.41. The summed E-state index contributed by atoms with van der Waals surface area (Å²) in [5.41, 5.74) is 3.70. The van der Waals surface area contributed by atoms with Crippen LogP contribution in [0.2, 0.25) is 0 Å². The zero-order chi connectivity index (χ0) is 23.8. The second kappa shape index (κ2) is 8.62. The SMILES string of the molecule is C=Nc1c(NC)cc(Nc2cnccc2S(C)(=O)=O)cc1-c1ccc2ccn(C(F)F)c2c1. The van der Waals surface area contributed by atoms with Crippen LogP contribution < -0.4 is 10.6 Å². The number of aromatic nitrogens is 2. The van der Waals surface area contributed by atoms with E-state index in [0.717, 1.165) is 10.8 Å². The number of alkyl halides is 2. The van der Waals surface area contributed by atoms with Gasteiger partial charge in [-0.15, -0.1) is 0 Å². The number of anilines is 3. The fourth-order valence-electron chi connectivity index (χ4n) is 3.73. The third-order valence-corrected chi connectivity index (χ3v) is 6.40. The molecule has 4 rings (SSSR count). The van der Waals surface area contributed by atoms with Gasteiger partial charge in [-0.25, -0.2) is 8.42 Å². The number of hydrogen-bond donors (Lipinski definition) is 2. The molecule has 0 saturated heterocycles. The number of hydrogen-bond acceptors (Lipinski definition) is 6. The summed E-state index contributed by atoms with van der Waals surface area (Å²) >= 11 is 0. The Morgan fingerprint density at radius 2 is 1.91 bits per heavy atom. The number of rotatable bonds is 7. The summed E-state index contributed by atoms with van der Waals surface area (Å²) in [6.07, 6.45) is 5.30. The highest BCUT2D eigenvalue weighted by atomic mass is 32.2. The van der Waals surface area contributed by atoms with Crippen LogP contribution in [0.15, 0.2) is 70.9 Å². The molecule has 2 heterocycles. The first-order valence-corrected chi connectivity index (χ1v) is 11.7. The van der Waals surface area contributed by atoms with Crippen molar-refractivity contribution in [1.82, 2.24) is 9.55 Å². The van der Waals surface area contributed by atoms with Gasteiger partial charge in [0.05, 0.1) is 33.7 Å². The fraction of sp³-hybridized carbons (Fsp3) is 0.130. The van der Waals surface area contributed by atoms with Gasteiger partial charge in [0.15, 0.2) is 9.84 Å². The van der Waals surface area contributed by atoms with Gasteiger partial charge in [-0.05, 0) is 48.0 Å². The smallest absolute Gasteiger partial charge is 0.319 e. The van der Waals surface area contributed by atoms with Crippen molar-refractivity contribution in [3.63, 3.8) is 0 Å². The topological polar surface area (TPSA) is 88.4 Å². The Hall–Kier alpha value is -3.79. The summed E-state index contributed by atoms with van der Waals surface area (Å²) in [6, 6.07) is 11.8. The van der Waals surface area contributed by atoms with Gasteiger partial charge in [0.1, 0.15) is 0 Å². The number of nitrogens with zero attached hydrogens (tertiary/aromatic N) is 3. The maximum Gasteiger partial charge on any atom is 0.319 e. The Morgan fingerprint density at radius 3 is 2.58 bits per heavy atom. The van der Waals surface area contributed by atoms with Gasteiger partial charge in [-0.1, -0.05) is 12.1 Å². The second-order valence-corrected chi connectivity index (χ2v) is 9.36. The molecule has 0 aliphatic rings. The molecule has 0 fully saturated rings. The molecule has 0 aliphatic carbocycles. The first kappa shape index (κ1) is 22.4. The van der Waals surface area contributed by atoms with Crippen LogP contribution in [-0.2, 0) is 9.84 Å². The molecule has 170 valence electrons. The standard InChI is InChI=1S/C23H21F2N5O2S/c1-26-18-12-16(29-19-13-28-8-6-21(19)33(3,31)32)11-17(22(18)27-2)15-5-4-14-7-9-30(23(24)25)20(14)10-15/h4-13,23,26,29H,2H2,1,3H3. The van der Waals surface area contributed by atoms with Gasteiger partial charge >= 0.3 is 6.55 Å². The van der Waals surface area contributed by atoms with Crippen molar-refractivity contribution in [3.05, 3.63) is 61.1 Å². The lowest BCUT2D eigenvalue weighted by atomic mass is 10.00. The molecule has 2 aromatic heterocycles. The first-order chi connectivity index (χ1) is 15.7. The fourth-order valence-corrected chi connectivity index (χ4v) is 4.54. The van der Waals surface area contributed by atoms with Crippen LogP contribution in [0, 0.1) is 0 Å². The van der Waals surface area contributed by atoms with E-state index in [4.69, 9.17) is 0 Å². The molecule has 0 atom stereocenters. The second-order valence-electron chi connectivity index (χ2n) is 7.37. The minimum atomic E-state index is -3.50. The highest BCUT2D eigenvalue weighted by Gasteiger charge is 2.17. The zero-order valence-electron chi connectivity index (χ0n) is 17.9. The first-order valence-electron chi connectivity index (χ1n) is 9.85. The number of nitrogens with one attached hydrogen (secondary N) is 2. The van der Waals surface area contributed by atoms with Crippen molar-refractivity contribution in [2.24, 2.45) is 4.99 Å². The quantitative estimate of drug-likeness (QED) is 0.343. The third kappa shape index (κ3) is 4.29. The third-order valence-electron chi connectivity index (χ3n) is 5.24. The van der Waals surface area contributed by atoms with Crippen molar-refractivity contribution in [2.75, 3.05) is 23.9 Å². The van der Waals surface area contributed by atoms with Crippen LogP contribution in [0.4, 0.5) is 31.5 Å². The molecule has 0 unspecified atom stereocenters. The zero-order valence-corrected chi connectivity index (χ0v) is 18.7. The molecule has 10 heteroatoms. The van der Waals surface area contributed by atoms with Crippen LogP contribution in [-0.4, -0.2) is 38.0 Å². The number of sulfone groups is 1. The molecular formula is C23H21F2N5O2S. The Labute approximate surface area is 189 Å². The predicted molar refractivity (Wildman–Crippen MR) is 128 cm³/mol. The molecular weight excluding hydrogens is 448 g/mol. The summed E-state index contributed by atoms with van der Waals surface area (Å²) < 4.78 is 52.1. The summed E-state index contributed by atoms with van der Waals surface area (Å²) in [4.78, 5) is 8.27. The summed E-state index contributed by atoms with van der Waals surface area (Å²) in [6.45, 7) is 0.988. The molecule has 2 aromatic carbocycles. The number of halogens is 2. The van der Waals surface area contributed by atoms with Crippen molar-refractivity contribution in [2.45, 2.75) is 11.4 Å². The summed E-state index contributed by atoms with van der Waals surface area (Å²) in [7, 11) is -1.78. The minimum absolute atomic E-state index is 0.104. The average Bonchev–Trinajstić information content (AvgIpc) is 3.21. The maximum absolute atomic E-state index is 13.4. The lowest BCUT2D eigenvalue weighted by Crippen LogP contribution is -2.04. The lowest BCUT2D eigenvalue weighted by molar-refractivity contribution is 0.0752. The normalized spacial score (nSPS) is 11.7. The van der Waals surface area contributed by atoms with Crippen LogP contribution in [0.25, 0.3) is 22.0 Å². The summed E-state index contributed by atoms with van der Waals surface area (Å²) in [5, 5.41) is 6.85. The van der Waals surface area contributed by atoms with Gasteiger partial charge < -0.3 is 10.6 Å².